The lowest BCUT2D eigenvalue weighted by Crippen LogP contribution is -2.18. The number of aliphatic carboxylic acids is 1. The van der Waals surface area contributed by atoms with Gasteiger partial charge in [-0.1, -0.05) is 25.7 Å². The Morgan fingerprint density at radius 3 is 2.60 bits per heavy atom. The van der Waals surface area contributed by atoms with Gasteiger partial charge in [-0.05, 0) is 31.6 Å². The number of hydrogen-bond acceptors (Lipinski definition) is 2. The van der Waals surface area contributed by atoms with Gasteiger partial charge in [-0.3, -0.25) is 4.79 Å². The second kappa shape index (κ2) is 6.83. The van der Waals surface area contributed by atoms with E-state index in [1.54, 1.807) is 0 Å². The number of carboxylic acid groups (broad SMARTS) is 1. The molecule has 0 aromatic rings. The number of aliphatic hydroxyl groups is 1. The first-order valence-corrected chi connectivity index (χ1v) is 6.10. The van der Waals surface area contributed by atoms with Crippen molar-refractivity contribution in [1.29, 1.82) is 0 Å². The molecule has 3 heteroatoms. The van der Waals surface area contributed by atoms with Crippen molar-refractivity contribution in [2.75, 3.05) is 0 Å². The van der Waals surface area contributed by atoms with E-state index in [1.165, 1.54) is 12.8 Å². The molecule has 1 saturated carbocycles. The minimum atomic E-state index is -0.712. The number of rotatable bonds is 5. The molecule has 1 aliphatic carbocycles. The van der Waals surface area contributed by atoms with Crippen LogP contribution < -0.4 is 0 Å². The molecule has 0 amide bonds. The van der Waals surface area contributed by atoms with Crippen molar-refractivity contribution in [3.8, 4) is 0 Å². The highest BCUT2D eigenvalue weighted by Crippen LogP contribution is 2.27. The predicted octanol–water partition coefficient (Wildman–Crippen LogP) is 2.57. The molecule has 88 valence electrons. The van der Waals surface area contributed by atoms with Crippen molar-refractivity contribution in [3.63, 3.8) is 0 Å². The van der Waals surface area contributed by atoms with Gasteiger partial charge in [0.15, 0.2) is 0 Å². The van der Waals surface area contributed by atoms with E-state index in [-0.39, 0.29) is 12.5 Å². The molecule has 2 N–H and O–H groups in total. The molecule has 0 aromatic carbocycles. The van der Waals surface area contributed by atoms with E-state index in [0.717, 1.165) is 38.5 Å². The fraction of sp³-hybridized carbons (Fsp3) is 0.917. The van der Waals surface area contributed by atoms with Gasteiger partial charge in [0.05, 0.1) is 6.10 Å². The summed E-state index contributed by atoms with van der Waals surface area (Å²) in [5.41, 5.74) is 0. The van der Waals surface area contributed by atoms with Crippen LogP contribution in [0, 0.1) is 5.92 Å². The lowest BCUT2D eigenvalue weighted by Gasteiger charge is -2.19. The first-order chi connectivity index (χ1) is 7.20. The van der Waals surface area contributed by atoms with Crippen molar-refractivity contribution in [2.45, 2.75) is 63.9 Å². The minimum Gasteiger partial charge on any atom is -0.481 e. The third-order valence-electron chi connectivity index (χ3n) is 3.33. The Hall–Kier alpha value is -0.570. The number of hydrogen-bond donors (Lipinski definition) is 2. The zero-order valence-corrected chi connectivity index (χ0v) is 9.32. The van der Waals surface area contributed by atoms with Gasteiger partial charge in [0, 0.05) is 6.42 Å². The molecule has 0 heterocycles. The summed E-state index contributed by atoms with van der Waals surface area (Å²) in [4.78, 5) is 10.3. The van der Waals surface area contributed by atoms with Gasteiger partial charge in [-0.2, -0.15) is 0 Å². The Balaban J connectivity index is 2.15. The van der Waals surface area contributed by atoms with Crippen LogP contribution in [0.3, 0.4) is 0 Å². The number of carboxylic acids is 1. The maximum Gasteiger partial charge on any atom is 0.303 e. The van der Waals surface area contributed by atoms with Gasteiger partial charge in [-0.25, -0.2) is 0 Å². The predicted molar refractivity (Wildman–Crippen MR) is 58.7 cm³/mol. The first-order valence-electron chi connectivity index (χ1n) is 6.10. The Morgan fingerprint density at radius 1 is 1.13 bits per heavy atom. The van der Waals surface area contributed by atoms with Crippen LogP contribution in [-0.4, -0.2) is 22.3 Å². The van der Waals surface area contributed by atoms with Gasteiger partial charge in [0.2, 0.25) is 0 Å². The first kappa shape index (κ1) is 12.5. The van der Waals surface area contributed by atoms with Crippen molar-refractivity contribution >= 4 is 5.97 Å². The van der Waals surface area contributed by atoms with Crippen molar-refractivity contribution in [1.82, 2.24) is 0 Å². The van der Waals surface area contributed by atoms with Crippen molar-refractivity contribution in [3.05, 3.63) is 0 Å². The van der Waals surface area contributed by atoms with Gasteiger partial charge in [0.1, 0.15) is 0 Å². The molecule has 0 spiro atoms. The van der Waals surface area contributed by atoms with Crippen LogP contribution in [0.15, 0.2) is 0 Å². The fourth-order valence-corrected chi connectivity index (χ4v) is 2.38. The highest BCUT2D eigenvalue weighted by atomic mass is 16.4. The molecular weight excluding hydrogens is 192 g/mol. The third kappa shape index (κ3) is 5.17. The van der Waals surface area contributed by atoms with Crippen LogP contribution in [-0.2, 0) is 4.79 Å². The molecule has 0 radical (unpaired) electrons. The van der Waals surface area contributed by atoms with E-state index < -0.39 is 5.97 Å². The Morgan fingerprint density at radius 2 is 1.87 bits per heavy atom. The van der Waals surface area contributed by atoms with E-state index in [2.05, 4.69) is 0 Å². The highest BCUT2D eigenvalue weighted by Gasteiger charge is 2.20. The molecule has 0 aromatic heterocycles. The molecule has 1 fully saturated rings. The molecule has 0 bridgehead atoms. The van der Waals surface area contributed by atoms with Crippen LogP contribution in [0.1, 0.15) is 57.8 Å². The van der Waals surface area contributed by atoms with Gasteiger partial charge >= 0.3 is 5.97 Å². The fourth-order valence-electron chi connectivity index (χ4n) is 2.38. The zero-order chi connectivity index (χ0) is 11.1. The summed E-state index contributed by atoms with van der Waals surface area (Å²) in [5, 5.41) is 18.3. The summed E-state index contributed by atoms with van der Waals surface area (Å²) in [7, 11) is 0. The molecule has 1 rings (SSSR count). The molecule has 1 aliphatic rings. The van der Waals surface area contributed by atoms with Crippen LogP contribution in [0.25, 0.3) is 0 Å². The summed E-state index contributed by atoms with van der Waals surface area (Å²) in [5.74, 6) is -0.294. The molecule has 3 nitrogen and oxygen atoms in total. The molecule has 0 aliphatic heterocycles. The number of carbonyl (C=O) groups is 1. The van der Waals surface area contributed by atoms with Crippen molar-refractivity contribution in [2.24, 2.45) is 5.92 Å². The lowest BCUT2D eigenvalue weighted by atomic mass is 9.91. The normalized spacial score (nSPS) is 27.3. The second-order valence-electron chi connectivity index (χ2n) is 4.60. The van der Waals surface area contributed by atoms with E-state index in [9.17, 15) is 9.90 Å². The molecule has 15 heavy (non-hydrogen) atoms. The van der Waals surface area contributed by atoms with Gasteiger partial charge < -0.3 is 10.2 Å². The maximum atomic E-state index is 10.3. The van der Waals surface area contributed by atoms with Gasteiger partial charge in [-0.15, -0.1) is 0 Å². The third-order valence-corrected chi connectivity index (χ3v) is 3.33. The van der Waals surface area contributed by atoms with E-state index in [4.69, 9.17) is 5.11 Å². The van der Waals surface area contributed by atoms with E-state index in [1.807, 2.05) is 0 Å². The second-order valence-corrected chi connectivity index (χ2v) is 4.60. The molecule has 0 saturated heterocycles. The summed E-state index contributed by atoms with van der Waals surface area (Å²) in [6.45, 7) is 0. The molecular formula is C12H22O3. The Bertz CT molecular complexity index is 191. The minimum absolute atomic E-state index is 0.141. The monoisotopic (exact) mass is 214 g/mol. The van der Waals surface area contributed by atoms with Crippen molar-refractivity contribution < 1.29 is 15.0 Å². The Kier molecular flexibility index (Phi) is 5.69. The summed E-state index contributed by atoms with van der Waals surface area (Å²) >= 11 is 0. The van der Waals surface area contributed by atoms with E-state index >= 15 is 0 Å². The number of aliphatic hydroxyl groups excluding tert-OH is 1. The maximum absolute atomic E-state index is 10.3. The molecule has 0 unspecified atom stereocenters. The van der Waals surface area contributed by atoms with Crippen LogP contribution in [0.2, 0.25) is 0 Å². The quantitative estimate of drug-likeness (QED) is 0.546. The van der Waals surface area contributed by atoms with E-state index in [0.29, 0.717) is 5.92 Å². The zero-order valence-electron chi connectivity index (χ0n) is 9.32. The smallest absolute Gasteiger partial charge is 0.303 e. The average Bonchev–Trinajstić information content (AvgIpc) is 2.38. The average molecular weight is 214 g/mol. The van der Waals surface area contributed by atoms with Gasteiger partial charge in [0.25, 0.3) is 0 Å². The standard InChI is InChI=1S/C12H22O3/c13-11-8-3-1-2-6-10(11)7-4-5-9-12(14)15/h10-11,13H,1-9H2,(H,14,15)/t10-,11-/m0/s1. The SMILES string of the molecule is O=C(O)CCCC[C@@H]1CCCCC[C@@H]1O. The summed E-state index contributed by atoms with van der Waals surface area (Å²) in [6.07, 6.45) is 8.47. The van der Waals surface area contributed by atoms with Crippen LogP contribution in [0.4, 0.5) is 0 Å². The van der Waals surface area contributed by atoms with Crippen LogP contribution >= 0.6 is 0 Å². The molecule has 2 atom stereocenters. The number of unbranched alkanes of at least 4 members (excludes halogenated alkanes) is 1. The topological polar surface area (TPSA) is 57.5 Å². The summed E-state index contributed by atoms with van der Waals surface area (Å²) < 4.78 is 0. The lowest BCUT2D eigenvalue weighted by molar-refractivity contribution is -0.137. The van der Waals surface area contributed by atoms with Crippen LogP contribution in [0.5, 0.6) is 0 Å². The highest BCUT2D eigenvalue weighted by molar-refractivity contribution is 5.66. The largest absolute Gasteiger partial charge is 0.481 e. The Labute approximate surface area is 91.5 Å². The summed E-state index contributed by atoms with van der Waals surface area (Å²) in [6, 6.07) is 0.